The van der Waals surface area contributed by atoms with Gasteiger partial charge in [-0.25, -0.2) is 18.2 Å². The van der Waals surface area contributed by atoms with E-state index in [1.165, 1.54) is 24.0 Å². The number of carbonyl (C=O) groups is 1. The average Bonchev–Trinajstić information content (AvgIpc) is 2.82. The lowest BCUT2D eigenvalue weighted by Gasteiger charge is -2.35. The first-order valence-corrected chi connectivity index (χ1v) is 12.2. The van der Waals surface area contributed by atoms with E-state index in [9.17, 15) is 18.0 Å². The van der Waals surface area contributed by atoms with E-state index >= 15 is 0 Å². The molecule has 10 heteroatoms. The number of aromatic nitrogens is 2. The summed E-state index contributed by atoms with van der Waals surface area (Å²) < 4.78 is 42.6. The van der Waals surface area contributed by atoms with E-state index in [2.05, 4.69) is 20.6 Å². The van der Waals surface area contributed by atoms with Gasteiger partial charge in [0.25, 0.3) is 0 Å². The average molecular weight is 488 g/mol. The zero-order valence-corrected chi connectivity index (χ0v) is 19.2. The van der Waals surface area contributed by atoms with Crippen molar-refractivity contribution >= 4 is 34.4 Å². The van der Waals surface area contributed by atoms with Crippen LogP contribution in [0, 0.1) is 11.6 Å². The minimum Gasteiger partial charge on any atom is -0.309 e. The van der Waals surface area contributed by atoms with E-state index in [1.54, 1.807) is 6.07 Å². The summed E-state index contributed by atoms with van der Waals surface area (Å²) in [5.41, 5.74) is 1.70. The number of hydrogen-bond donors (Lipinski definition) is 2. The molecule has 178 valence electrons. The second-order valence-corrected chi connectivity index (χ2v) is 9.60. The predicted molar refractivity (Wildman–Crippen MR) is 126 cm³/mol. The molecule has 0 bridgehead atoms. The highest BCUT2D eigenvalue weighted by Crippen LogP contribution is 2.29. The van der Waals surface area contributed by atoms with Gasteiger partial charge in [-0.3, -0.25) is 14.7 Å². The lowest BCUT2D eigenvalue weighted by atomic mass is 10.0. The summed E-state index contributed by atoms with van der Waals surface area (Å²) in [7, 11) is 0. The van der Waals surface area contributed by atoms with Crippen LogP contribution in [0.25, 0.3) is 10.9 Å². The molecule has 0 saturated carbocycles. The normalized spacial score (nSPS) is 20.9. The maximum Gasteiger partial charge on any atom is 0.235 e. The number of amides is 1. The van der Waals surface area contributed by atoms with E-state index in [-0.39, 0.29) is 24.0 Å². The smallest absolute Gasteiger partial charge is 0.235 e. The van der Waals surface area contributed by atoms with Crippen LogP contribution in [0.5, 0.6) is 0 Å². The van der Waals surface area contributed by atoms with Crippen LogP contribution in [0.15, 0.2) is 41.4 Å². The number of pyridine rings is 2. The molecule has 34 heavy (non-hydrogen) atoms. The third-order valence-electron chi connectivity index (χ3n) is 6.25. The van der Waals surface area contributed by atoms with Crippen LogP contribution >= 0.6 is 11.8 Å². The number of benzene rings is 1. The fraction of sp³-hybridized carbons (Fsp3) is 0.375. The van der Waals surface area contributed by atoms with Crippen molar-refractivity contribution in [2.45, 2.75) is 36.5 Å². The van der Waals surface area contributed by atoms with Gasteiger partial charge in [0.2, 0.25) is 5.91 Å². The van der Waals surface area contributed by atoms with E-state index in [4.69, 9.17) is 0 Å². The molecular weight excluding hydrogens is 463 g/mol. The molecule has 5 rings (SSSR count). The van der Waals surface area contributed by atoms with Crippen molar-refractivity contribution in [3.8, 4) is 0 Å². The van der Waals surface area contributed by atoms with Crippen molar-refractivity contribution in [3.63, 3.8) is 0 Å². The first-order chi connectivity index (χ1) is 16.5. The molecule has 1 saturated heterocycles. The van der Waals surface area contributed by atoms with Crippen LogP contribution in [0.4, 0.5) is 19.0 Å². The molecule has 1 amide bonds. The number of hydrogen-bond acceptors (Lipinski definition) is 6. The highest BCUT2D eigenvalue weighted by molar-refractivity contribution is 8.00. The second kappa shape index (κ2) is 9.89. The van der Waals surface area contributed by atoms with Crippen molar-refractivity contribution < 1.29 is 18.0 Å². The molecular formula is C24H24F3N5OS. The summed E-state index contributed by atoms with van der Waals surface area (Å²) in [5, 5.41) is 6.49. The van der Waals surface area contributed by atoms with Gasteiger partial charge >= 0.3 is 0 Å². The van der Waals surface area contributed by atoms with Gasteiger partial charge in [-0.05, 0) is 49.2 Å². The van der Waals surface area contributed by atoms with Crippen LogP contribution in [0.1, 0.15) is 17.7 Å². The Morgan fingerprint density at radius 2 is 2.12 bits per heavy atom. The highest BCUT2D eigenvalue weighted by atomic mass is 32.2. The molecule has 0 radical (unpaired) electrons. The Balaban J connectivity index is 1.15. The number of carbonyl (C=O) groups excluding carboxylic acids is 1. The Morgan fingerprint density at radius 1 is 1.24 bits per heavy atom. The van der Waals surface area contributed by atoms with Gasteiger partial charge < -0.3 is 10.6 Å². The summed E-state index contributed by atoms with van der Waals surface area (Å²) in [5.74, 6) is -0.428. The van der Waals surface area contributed by atoms with Crippen molar-refractivity contribution in [2.75, 3.05) is 30.7 Å². The summed E-state index contributed by atoms with van der Waals surface area (Å²) in [6.07, 6.45) is 1.66. The molecule has 2 aromatic heterocycles. The van der Waals surface area contributed by atoms with Gasteiger partial charge in [-0.2, -0.15) is 0 Å². The number of anilines is 1. The largest absolute Gasteiger partial charge is 0.309 e. The maximum absolute atomic E-state index is 14.9. The van der Waals surface area contributed by atoms with E-state index < -0.39 is 17.8 Å². The molecule has 0 aliphatic carbocycles. The molecule has 2 atom stereocenters. The Morgan fingerprint density at radius 3 is 2.97 bits per heavy atom. The van der Waals surface area contributed by atoms with Crippen LogP contribution in [-0.4, -0.2) is 58.4 Å². The zero-order chi connectivity index (χ0) is 23.7. The van der Waals surface area contributed by atoms with Crippen molar-refractivity contribution in [1.82, 2.24) is 20.2 Å². The molecule has 1 aromatic carbocycles. The molecule has 4 heterocycles. The first kappa shape index (κ1) is 23.1. The number of piperidine rings is 1. The molecule has 2 aliphatic rings. The zero-order valence-electron chi connectivity index (χ0n) is 18.4. The topological polar surface area (TPSA) is 70.2 Å². The maximum atomic E-state index is 14.9. The van der Waals surface area contributed by atoms with Gasteiger partial charge in [-0.1, -0.05) is 0 Å². The number of thioether (sulfide) groups is 1. The van der Waals surface area contributed by atoms with E-state index in [0.29, 0.717) is 49.4 Å². The van der Waals surface area contributed by atoms with Crippen LogP contribution in [0.3, 0.4) is 0 Å². The Labute approximate surface area is 199 Å². The third-order valence-corrected chi connectivity index (χ3v) is 7.30. The molecule has 2 N–H and O–H groups in total. The lowest BCUT2D eigenvalue weighted by molar-refractivity contribution is -0.113. The molecule has 1 fully saturated rings. The van der Waals surface area contributed by atoms with E-state index in [0.717, 1.165) is 22.2 Å². The Kier molecular flexibility index (Phi) is 6.71. The molecule has 0 spiro atoms. The number of fused-ring (bicyclic) bond motifs is 2. The molecule has 2 aliphatic heterocycles. The van der Waals surface area contributed by atoms with Crippen LogP contribution in [-0.2, 0) is 17.8 Å². The van der Waals surface area contributed by atoms with E-state index in [1.807, 2.05) is 17.0 Å². The second-order valence-electron chi connectivity index (χ2n) is 8.58. The predicted octanol–water partition coefficient (Wildman–Crippen LogP) is 3.70. The monoisotopic (exact) mass is 487 g/mol. The number of alkyl halides is 1. The lowest BCUT2D eigenvalue weighted by Crippen LogP contribution is -2.51. The fourth-order valence-electron chi connectivity index (χ4n) is 4.47. The molecule has 6 nitrogen and oxygen atoms in total. The fourth-order valence-corrected chi connectivity index (χ4v) is 5.23. The van der Waals surface area contributed by atoms with Gasteiger partial charge in [0.15, 0.2) is 5.82 Å². The SMILES string of the molecule is O=C1CSc2ccc(CN[C@@H]3CCN(CCc4ccnc5c(F)cc(F)cc45)C[C@H]3F)nc2N1. The number of rotatable bonds is 6. The minimum absolute atomic E-state index is 0.0682. The quantitative estimate of drug-likeness (QED) is 0.553. The molecule has 3 aromatic rings. The number of nitrogens with zero attached hydrogens (tertiary/aromatic N) is 3. The summed E-state index contributed by atoms with van der Waals surface area (Å²) >= 11 is 1.46. The standard InChI is InChI=1S/C24H24F3N5OS/c25-15-9-17-14(3-6-28-23(17)18(26)10-15)4-7-32-8-5-20(19(27)12-32)29-11-16-1-2-21-24(30-16)31-22(33)13-34-21/h1-3,6,9-10,19-20,29H,4-5,7-8,11-13H2,(H,30,31,33)/t19-,20-/m1/s1. The van der Waals surface area contributed by atoms with Crippen LogP contribution < -0.4 is 10.6 Å². The van der Waals surface area contributed by atoms with Gasteiger partial charge in [0.1, 0.15) is 23.3 Å². The van der Waals surface area contributed by atoms with Crippen LogP contribution in [0.2, 0.25) is 0 Å². The summed E-state index contributed by atoms with van der Waals surface area (Å²) in [6.45, 7) is 2.01. The summed E-state index contributed by atoms with van der Waals surface area (Å²) in [4.78, 5) is 23.1. The number of halogens is 3. The third kappa shape index (κ3) is 5.03. The Hall–Kier alpha value is -2.69. The summed E-state index contributed by atoms with van der Waals surface area (Å²) in [6, 6.07) is 7.42. The van der Waals surface area contributed by atoms with Gasteiger partial charge in [0.05, 0.1) is 16.3 Å². The van der Waals surface area contributed by atoms with Crippen molar-refractivity contribution in [3.05, 3.63) is 59.4 Å². The highest BCUT2D eigenvalue weighted by Gasteiger charge is 2.29. The molecule has 0 unspecified atom stereocenters. The van der Waals surface area contributed by atoms with Gasteiger partial charge in [-0.15, -0.1) is 11.8 Å². The van der Waals surface area contributed by atoms with Crippen molar-refractivity contribution in [2.24, 2.45) is 0 Å². The first-order valence-electron chi connectivity index (χ1n) is 11.2. The van der Waals surface area contributed by atoms with Gasteiger partial charge in [0, 0.05) is 43.3 Å². The minimum atomic E-state index is -1.05. The Bertz CT molecular complexity index is 1230. The van der Waals surface area contributed by atoms with Crippen molar-refractivity contribution in [1.29, 1.82) is 0 Å². The number of likely N-dealkylation sites (tertiary alicyclic amines) is 1. The number of nitrogens with one attached hydrogen (secondary N) is 2.